The molecule has 0 aliphatic carbocycles. The van der Waals surface area contributed by atoms with Crippen molar-refractivity contribution in [3.8, 4) is 0 Å². The summed E-state index contributed by atoms with van der Waals surface area (Å²) >= 11 is 0. The van der Waals surface area contributed by atoms with Gasteiger partial charge in [-0.2, -0.15) is 4.31 Å². The summed E-state index contributed by atoms with van der Waals surface area (Å²) in [7, 11) is -3.41. The quantitative estimate of drug-likeness (QED) is 0.708. The monoisotopic (exact) mass is 390 g/mol. The van der Waals surface area contributed by atoms with Crippen molar-refractivity contribution in [1.29, 1.82) is 0 Å². The predicted molar refractivity (Wildman–Crippen MR) is 103 cm³/mol. The number of carbonyl (C=O) groups is 1. The Morgan fingerprint density at radius 3 is 2.67 bits per heavy atom. The number of sulfonamides is 1. The molecule has 0 bridgehead atoms. The first kappa shape index (κ1) is 19.1. The molecule has 27 heavy (non-hydrogen) atoms. The number of furan rings is 1. The van der Waals surface area contributed by atoms with Crippen LogP contribution in [-0.4, -0.2) is 62.1 Å². The van der Waals surface area contributed by atoms with E-state index in [4.69, 9.17) is 4.42 Å². The minimum Gasteiger partial charge on any atom is -0.465 e. The van der Waals surface area contributed by atoms with E-state index in [1.54, 1.807) is 18.3 Å². The summed E-state index contributed by atoms with van der Waals surface area (Å²) in [6.45, 7) is 2.06. The summed E-state index contributed by atoms with van der Waals surface area (Å²) in [5.74, 6) is 0.923. The number of amides is 1. The Balaban J connectivity index is 1.43. The van der Waals surface area contributed by atoms with Crippen LogP contribution in [0.15, 0.2) is 53.3 Å². The molecule has 0 spiro atoms. The Kier molecular flexibility index (Phi) is 6.25. The zero-order valence-electron chi connectivity index (χ0n) is 14.8. The van der Waals surface area contributed by atoms with Crippen LogP contribution in [-0.2, 0) is 14.8 Å². The summed E-state index contributed by atoms with van der Waals surface area (Å²) in [6.07, 6.45) is 6.08. The maximum absolute atomic E-state index is 12.5. The van der Waals surface area contributed by atoms with Crippen LogP contribution in [0.4, 0.5) is 5.82 Å². The van der Waals surface area contributed by atoms with Gasteiger partial charge in [-0.1, -0.05) is 6.07 Å². The van der Waals surface area contributed by atoms with Gasteiger partial charge < -0.3 is 14.6 Å². The fourth-order valence-electron chi connectivity index (χ4n) is 2.77. The number of aromatic nitrogens is 1. The Morgan fingerprint density at radius 2 is 2.00 bits per heavy atom. The van der Waals surface area contributed by atoms with Gasteiger partial charge >= 0.3 is 0 Å². The zero-order chi connectivity index (χ0) is 19.1. The van der Waals surface area contributed by atoms with Crippen LogP contribution in [0.1, 0.15) is 5.76 Å². The molecule has 0 radical (unpaired) electrons. The summed E-state index contributed by atoms with van der Waals surface area (Å²) in [5.41, 5.74) is 0. The van der Waals surface area contributed by atoms with E-state index in [2.05, 4.69) is 15.2 Å². The highest BCUT2D eigenvalue weighted by Gasteiger charge is 2.27. The molecule has 1 N–H and O–H groups in total. The minimum absolute atomic E-state index is 0.0596. The average Bonchev–Trinajstić information content (AvgIpc) is 3.21. The highest BCUT2D eigenvalue weighted by Crippen LogP contribution is 2.14. The summed E-state index contributed by atoms with van der Waals surface area (Å²) in [6, 6.07) is 9.11. The van der Waals surface area contributed by atoms with Gasteiger partial charge in [0, 0.05) is 45.0 Å². The number of anilines is 1. The second-order valence-electron chi connectivity index (χ2n) is 6.03. The van der Waals surface area contributed by atoms with E-state index >= 15 is 0 Å². The molecule has 0 atom stereocenters. The first-order chi connectivity index (χ1) is 13.0. The van der Waals surface area contributed by atoms with E-state index in [-0.39, 0.29) is 18.2 Å². The van der Waals surface area contributed by atoms with Crippen LogP contribution < -0.4 is 10.2 Å². The van der Waals surface area contributed by atoms with Crippen molar-refractivity contribution in [2.75, 3.05) is 43.4 Å². The van der Waals surface area contributed by atoms with Crippen LogP contribution >= 0.6 is 0 Å². The van der Waals surface area contributed by atoms with Gasteiger partial charge in [0.15, 0.2) is 0 Å². The molecule has 1 aliphatic rings. The van der Waals surface area contributed by atoms with Crippen molar-refractivity contribution >= 4 is 27.8 Å². The average molecular weight is 390 g/mol. The molecular formula is C18H22N4O4S. The normalized spacial score (nSPS) is 15.9. The third-order valence-electron chi connectivity index (χ3n) is 4.21. The molecule has 0 aromatic carbocycles. The molecule has 144 valence electrons. The first-order valence-corrected chi connectivity index (χ1v) is 10.3. The van der Waals surface area contributed by atoms with E-state index in [0.29, 0.717) is 31.9 Å². The molecule has 1 aliphatic heterocycles. The van der Waals surface area contributed by atoms with Gasteiger partial charge in [0.25, 0.3) is 0 Å². The summed E-state index contributed by atoms with van der Waals surface area (Å²) in [4.78, 5) is 18.1. The molecule has 0 saturated carbocycles. The number of rotatable bonds is 7. The van der Waals surface area contributed by atoms with Gasteiger partial charge in [0.05, 0.1) is 12.0 Å². The molecular weight excluding hydrogens is 368 g/mol. The lowest BCUT2D eigenvalue weighted by Gasteiger charge is -2.34. The topological polar surface area (TPSA) is 95.7 Å². The number of nitrogens with zero attached hydrogens (tertiary/aromatic N) is 3. The van der Waals surface area contributed by atoms with Crippen molar-refractivity contribution in [3.05, 3.63) is 54.6 Å². The Labute approximate surface area is 158 Å². The van der Waals surface area contributed by atoms with Crippen LogP contribution in [0, 0.1) is 0 Å². The van der Waals surface area contributed by atoms with E-state index in [9.17, 15) is 13.2 Å². The smallest absolute Gasteiger partial charge is 0.244 e. The minimum atomic E-state index is -3.41. The summed E-state index contributed by atoms with van der Waals surface area (Å²) < 4.78 is 31.5. The third kappa shape index (κ3) is 5.41. The fourth-order valence-corrected chi connectivity index (χ4v) is 4.11. The molecule has 0 unspecified atom stereocenters. The van der Waals surface area contributed by atoms with Gasteiger partial charge in [-0.15, -0.1) is 0 Å². The Bertz CT molecular complexity index is 858. The molecule has 8 nitrogen and oxygen atoms in total. The lowest BCUT2D eigenvalue weighted by Crippen LogP contribution is -2.50. The van der Waals surface area contributed by atoms with Crippen molar-refractivity contribution in [3.63, 3.8) is 0 Å². The van der Waals surface area contributed by atoms with Crippen molar-refractivity contribution in [1.82, 2.24) is 14.6 Å². The number of nitrogens with one attached hydrogen (secondary N) is 1. The van der Waals surface area contributed by atoms with Crippen molar-refractivity contribution in [2.24, 2.45) is 0 Å². The number of hydrogen-bond donors (Lipinski definition) is 1. The lowest BCUT2D eigenvalue weighted by atomic mass is 10.3. The fraction of sp³-hybridized carbons (Fsp3) is 0.333. The van der Waals surface area contributed by atoms with Crippen LogP contribution in [0.5, 0.6) is 0 Å². The van der Waals surface area contributed by atoms with Crippen molar-refractivity contribution in [2.45, 2.75) is 0 Å². The van der Waals surface area contributed by atoms with E-state index in [1.807, 2.05) is 18.2 Å². The molecule has 3 heterocycles. The summed E-state index contributed by atoms with van der Waals surface area (Å²) in [5, 5.41) is 2.58. The molecule has 2 aromatic heterocycles. The van der Waals surface area contributed by atoms with Gasteiger partial charge in [0.1, 0.15) is 11.6 Å². The van der Waals surface area contributed by atoms with Crippen LogP contribution in [0.2, 0.25) is 0 Å². The van der Waals surface area contributed by atoms with Gasteiger partial charge in [-0.25, -0.2) is 13.4 Å². The largest absolute Gasteiger partial charge is 0.465 e. The standard InChI is InChI=1S/C18H22N4O4S/c23-18(7-6-16-4-3-14-26-16)20-9-15-27(24,25)22-12-10-21(11-13-22)17-5-1-2-8-19-17/h1-8,14H,9-13,15H2,(H,20,23). The molecule has 1 saturated heterocycles. The van der Waals surface area contributed by atoms with Crippen molar-refractivity contribution < 1.29 is 17.6 Å². The lowest BCUT2D eigenvalue weighted by molar-refractivity contribution is -0.116. The predicted octanol–water partition coefficient (Wildman–Crippen LogP) is 0.956. The third-order valence-corrected chi connectivity index (χ3v) is 6.08. The molecule has 3 rings (SSSR count). The van der Waals surface area contributed by atoms with E-state index in [0.717, 1.165) is 5.82 Å². The number of pyridine rings is 1. The molecule has 1 fully saturated rings. The number of piperazine rings is 1. The second kappa shape index (κ2) is 8.83. The van der Waals surface area contributed by atoms with Crippen LogP contribution in [0.25, 0.3) is 6.08 Å². The highest BCUT2D eigenvalue weighted by molar-refractivity contribution is 7.89. The second-order valence-corrected chi connectivity index (χ2v) is 8.12. The van der Waals surface area contributed by atoms with E-state index in [1.165, 1.54) is 22.7 Å². The molecule has 9 heteroatoms. The van der Waals surface area contributed by atoms with Gasteiger partial charge in [-0.05, 0) is 30.3 Å². The number of hydrogen-bond acceptors (Lipinski definition) is 6. The maximum Gasteiger partial charge on any atom is 0.244 e. The van der Waals surface area contributed by atoms with Crippen LogP contribution in [0.3, 0.4) is 0 Å². The van der Waals surface area contributed by atoms with E-state index < -0.39 is 10.0 Å². The highest BCUT2D eigenvalue weighted by atomic mass is 32.2. The SMILES string of the molecule is O=C(C=Cc1ccco1)NCCS(=O)(=O)N1CCN(c2ccccn2)CC1. The Hall–Kier alpha value is -2.65. The maximum atomic E-state index is 12.5. The molecule has 1 amide bonds. The number of carbonyl (C=O) groups excluding carboxylic acids is 1. The first-order valence-electron chi connectivity index (χ1n) is 8.68. The van der Waals surface area contributed by atoms with Gasteiger partial charge in [0.2, 0.25) is 15.9 Å². The van der Waals surface area contributed by atoms with Gasteiger partial charge in [-0.3, -0.25) is 4.79 Å². The molecule has 2 aromatic rings. The zero-order valence-corrected chi connectivity index (χ0v) is 15.6. The Morgan fingerprint density at radius 1 is 1.19 bits per heavy atom.